The van der Waals surface area contributed by atoms with E-state index in [2.05, 4.69) is 0 Å². The van der Waals surface area contributed by atoms with E-state index in [0.29, 0.717) is 12.0 Å². The fourth-order valence-corrected chi connectivity index (χ4v) is 6.99. The zero-order valence-electron chi connectivity index (χ0n) is 20.4. The van der Waals surface area contributed by atoms with Crippen LogP contribution in [0.4, 0.5) is 0 Å². The van der Waals surface area contributed by atoms with Crippen molar-refractivity contribution in [1.82, 2.24) is 0 Å². The number of aliphatic hydroxyl groups is 3. The Morgan fingerprint density at radius 2 is 1.76 bits per heavy atom. The molecule has 4 N–H and O–H groups in total. The second-order valence-electron chi connectivity index (χ2n) is 10.9. The van der Waals surface area contributed by atoms with Gasteiger partial charge in [0.05, 0.1) is 5.56 Å². The largest absolute Gasteiger partial charge is 0.511 e. The number of aliphatic hydroxyl groups excluding tert-OH is 2. The first-order valence-corrected chi connectivity index (χ1v) is 11.7. The van der Waals surface area contributed by atoms with Crippen LogP contribution in [0.2, 0.25) is 0 Å². The van der Waals surface area contributed by atoms with Crippen molar-refractivity contribution in [3.05, 3.63) is 51.5 Å². The number of ketones is 3. The van der Waals surface area contributed by atoms with Crippen LogP contribution < -0.4 is 0 Å². The van der Waals surface area contributed by atoms with Crippen LogP contribution in [0.15, 0.2) is 34.8 Å². The molecule has 0 heterocycles. The Labute approximate surface area is 198 Å². The molecule has 0 spiro atoms. The molecule has 0 radical (unpaired) electrons. The van der Waals surface area contributed by atoms with Crippen LogP contribution >= 0.6 is 0 Å². The van der Waals surface area contributed by atoms with E-state index in [1.165, 1.54) is 6.07 Å². The summed E-state index contributed by atoms with van der Waals surface area (Å²) in [5, 5.41) is 45.2. The molecule has 1 aromatic carbocycles. The highest BCUT2D eigenvalue weighted by molar-refractivity contribution is 6.26. The second-order valence-corrected chi connectivity index (χ2v) is 10.9. The molecule has 0 bridgehead atoms. The Balaban J connectivity index is 2.08. The van der Waals surface area contributed by atoms with Gasteiger partial charge in [0.15, 0.2) is 17.2 Å². The summed E-state index contributed by atoms with van der Waals surface area (Å²) >= 11 is 0. The second kappa shape index (κ2) is 7.28. The van der Waals surface area contributed by atoms with Gasteiger partial charge in [-0.05, 0) is 42.9 Å². The highest BCUT2D eigenvalue weighted by atomic mass is 16.3. The molecule has 0 saturated carbocycles. The van der Waals surface area contributed by atoms with Crippen LogP contribution in [-0.4, -0.2) is 43.4 Å². The van der Waals surface area contributed by atoms with E-state index in [1.54, 1.807) is 26.8 Å². The van der Waals surface area contributed by atoms with E-state index in [9.17, 15) is 34.8 Å². The van der Waals surface area contributed by atoms with Gasteiger partial charge in [-0.3, -0.25) is 14.4 Å². The van der Waals surface area contributed by atoms with Gasteiger partial charge in [-0.15, -0.1) is 0 Å². The first kappa shape index (κ1) is 24.2. The summed E-state index contributed by atoms with van der Waals surface area (Å²) in [4.78, 5) is 40.1. The van der Waals surface area contributed by atoms with Gasteiger partial charge in [-0.25, -0.2) is 0 Å². The molecule has 1 aromatic rings. The van der Waals surface area contributed by atoms with E-state index in [-0.39, 0.29) is 41.4 Å². The zero-order valence-corrected chi connectivity index (χ0v) is 20.4. The van der Waals surface area contributed by atoms with Crippen molar-refractivity contribution >= 4 is 17.3 Å². The SMILES string of the molecule is CCC(=O)C1=C(O)C(C(C)C)[C@@]2(C)C[C@@]3(C)Cc4c(C)ccc(O)c4C(=O)C3=C(O)[C@@]2(O)C1=O. The number of carbonyl (C=O) groups is 3. The minimum Gasteiger partial charge on any atom is -0.511 e. The third-order valence-electron chi connectivity index (χ3n) is 8.37. The lowest BCUT2D eigenvalue weighted by molar-refractivity contribution is -0.171. The Bertz CT molecular complexity index is 1220. The molecule has 0 aliphatic heterocycles. The lowest BCUT2D eigenvalue weighted by Crippen LogP contribution is -2.67. The normalized spacial score (nSPS) is 33.1. The molecule has 4 rings (SSSR count). The van der Waals surface area contributed by atoms with E-state index < -0.39 is 51.0 Å². The highest BCUT2D eigenvalue weighted by Crippen LogP contribution is 2.65. The number of carbonyl (C=O) groups excluding carboxylic acids is 3. The van der Waals surface area contributed by atoms with Gasteiger partial charge >= 0.3 is 0 Å². The van der Waals surface area contributed by atoms with Crippen LogP contribution in [0.25, 0.3) is 0 Å². The molecule has 0 fully saturated rings. The molecule has 7 nitrogen and oxygen atoms in total. The molecule has 0 amide bonds. The molecule has 182 valence electrons. The van der Waals surface area contributed by atoms with Crippen LogP contribution in [-0.2, 0) is 16.0 Å². The maximum absolute atomic E-state index is 13.7. The van der Waals surface area contributed by atoms with Crippen LogP contribution in [0.5, 0.6) is 5.75 Å². The summed E-state index contributed by atoms with van der Waals surface area (Å²) in [6, 6.07) is 3.13. The average Bonchev–Trinajstić information content (AvgIpc) is 2.73. The summed E-state index contributed by atoms with van der Waals surface area (Å²) < 4.78 is 0. The first-order valence-electron chi connectivity index (χ1n) is 11.7. The number of phenolic OH excluding ortho intramolecular Hbond substituents is 1. The smallest absolute Gasteiger partial charge is 0.209 e. The number of phenols is 1. The van der Waals surface area contributed by atoms with Crippen molar-refractivity contribution in [3.63, 3.8) is 0 Å². The lowest BCUT2D eigenvalue weighted by atomic mass is 9.44. The predicted molar refractivity (Wildman–Crippen MR) is 125 cm³/mol. The summed E-state index contributed by atoms with van der Waals surface area (Å²) in [6.07, 6.45) is 0.323. The van der Waals surface area contributed by atoms with Gasteiger partial charge in [0.2, 0.25) is 5.78 Å². The average molecular weight is 469 g/mol. The number of aromatic hydroxyl groups is 1. The molecular weight excluding hydrogens is 436 g/mol. The number of hydrogen-bond donors (Lipinski definition) is 4. The monoisotopic (exact) mass is 468 g/mol. The Morgan fingerprint density at radius 1 is 1.15 bits per heavy atom. The summed E-state index contributed by atoms with van der Waals surface area (Å²) in [5.41, 5.74) is -4.07. The molecule has 3 aliphatic rings. The lowest BCUT2D eigenvalue weighted by Gasteiger charge is -2.59. The molecule has 4 atom stereocenters. The van der Waals surface area contributed by atoms with Gasteiger partial charge in [-0.1, -0.05) is 40.7 Å². The summed E-state index contributed by atoms with van der Waals surface area (Å²) in [5.74, 6) is -4.86. The molecular formula is C27H32O7. The molecule has 3 aliphatic carbocycles. The number of rotatable bonds is 3. The number of hydrogen-bond acceptors (Lipinski definition) is 7. The van der Waals surface area contributed by atoms with E-state index in [0.717, 1.165) is 5.56 Å². The molecule has 7 heteroatoms. The van der Waals surface area contributed by atoms with Gasteiger partial charge < -0.3 is 20.4 Å². The standard InChI is InChI=1S/C27H32O7/c1-7-15(28)18-22(31)19(12(2)3)26(6)11-25(5)10-14-13(4)8-9-16(29)17(14)21(30)20(25)24(33)27(26,34)23(18)32/h8-9,12,19,29,31,33-34H,7,10-11H2,1-6H3/t19?,25-,26-,27+/m1/s1. The number of Topliss-reactive ketones (excluding diaryl/α,β-unsaturated/α-hetero) is 3. The molecule has 34 heavy (non-hydrogen) atoms. The number of aryl methyl sites for hydroxylation is 1. The van der Waals surface area contributed by atoms with E-state index in [1.807, 2.05) is 20.8 Å². The van der Waals surface area contributed by atoms with Crippen molar-refractivity contribution in [1.29, 1.82) is 0 Å². The first-order chi connectivity index (χ1) is 15.7. The molecule has 1 unspecified atom stereocenters. The number of benzene rings is 1. The fraction of sp³-hybridized carbons (Fsp3) is 0.519. The summed E-state index contributed by atoms with van der Waals surface area (Å²) in [6.45, 7) is 10.4. The third-order valence-corrected chi connectivity index (χ3v) is 8.37. The molecule has 0 aromatic heterocycles. The maximum Gasteiger partial charge on any atom is 0.209 e. The zero-order chi connectivity index (χ0) is 25.5. The van der Waals surface area contributed by atoms with Crippen LogP contribution in [0, 0.1) is 29.6 Å². The highest BCUT2D eigenvalue weighted by Gasteiger charge is 2.71. The minimum atomic E-state index is -2.57. The molecule has 0 saturated heterocycles. The number of fused-ring (bicyclic) bond motifs is 3. The van der Waals surface area contributed by atoms with Crippen molar-refractivity contribution in [3.8, 4) is 5.75 Å². The van der Waals surface area contributed by atoms with E-state index in [4.69, 9.17) is 0 Å². The Hall–Kier alpha value is -2.93. The van der Waals surface area contributed by atoms with Gasteiger partial charge in [0.1, 0.15) is 22.8 Å². The van der Waals surface area contributed by atoms with Crippen molar-refractivity contribution in [2.75, 3.05) is 0 Å². The van der Waals surface area contributed by atoms with Gasteiger partial charge in [0, 0.05) is 28.7 Å². The quantitative estimate of drug-likeness (QED) is 0.492. The van der Waals surface area contributed by atoms with Crippen molar-refractivity contribution in [2.45, 2.75) is 66.4 Å². The van der Waals surface area contributed by atoms with E-state index >= 15 is 0 Å². The van der Waals surface area contributed by atoms with Crippen molar-refractivity contribution in [2.24, 2.45) is 22.7 Å². The Kier molecular flexibility index (Phi) is 5.18. The predicted octanol–water partition coefficient (Wildman–Crippen LogP) is 4.05. The Morgan fingerprint density at radius 3 is 2.32 bits per heavy atom. The topological polar surface area (TPSA) is 132 Å². The minimum absolute atomic E-state index is 0.0538. The maximum atomic E-state index is 13.7. The third kappa shape index (κ3) is 2.70. The van der Waals surface area contributed by atoms with Crippen LogP contribution in [0.1, 0.15) is 68.9 Å². The summed E-state index contributed by atoms with van der Waals surface area (Å²) in [7, 11) is 0. The van der Waals surface area contributed by atoms with Gasteiger partial charge in [0.25, 0.3) is 0 Å². The van der Waals surface area contributed by atoms with Crippen molar-refractivity contribution < 1.29 is 34.8 Å². The van der Waals surface area contributed by atoms with Crippen LogP contribution in [0.3, 0.4) is 0 Å². The fourth-order valence-electron chi connectivity index (χ4n) is 6.99. The van der Waals surface area contributed by atoms with Gasteiger partial charge in [-0.2, -0.15) is 0 Å². The number of allylic oxidation sites excluding steroid dienone is 2.